The van der Waals surface area contributed by atoms with E-state index >= 15 is 0 Å². The first-order valence-electron chi connectivity index (χ1n) is 12.9. The predicted molar refractivity (Wildman–Crippen MR) is 143 cm³/mol. The van der Waals surface area contributed by atoms with Crippen molar-refractivity contribution in [3.05, 3.63) is 70.9 Å². The molecule has 256 valence electrons. The van der Waals surface area contributed by atoms with Crippen molar-refractivity contribution in [1.29, 1.82) is 0 Å². The van der Waals surface area contributed by atoms with Crippen LogP contribution in [0.25, 0.3) is 33.8 Å². The van der Waals surface area contributed by atoms with Crippen LogP contribution in [0.5, 0.6) is 0 Å². The average molecular weight is 700 g/mol. The Bertz CT molecular complexity index is 1900. The fourth-order valence-corrected chi connectivity index (χ4v) is 4.52. The Morgan fingerprint density at radius 3 is 1.85 bits per heavy atom. The second-order valence-electron chi connectivity index (χ2n) is 9.64. The molecule has 0 aliphatic carbocycles. The van der Waals surface area contributed by atoms with E-state index in [1.165, 1.54) is 12.3 Å². The van der Waals surface area contributed by atoms with Crippen molar-refractivity contribution in [3.8, 4) is 22.8 Å². The molecule has 5 aromatic rings. The highest BCUT2D eigenvalue weighted by Gasteiger charge is 2.45. The Labute approximate surface area is 259 Å². The molecule has 2 aromatic carbocycles. The third-order valence-electron chi connectivity index (χ3n) is 6.53. The fourth-order valence-electron chi connectivity index (χ4n) is 4.52. The predicted octanol–water partition coefficient (Wildman–Crippen LogP) is 6.19. The Morgan fingerprint density at radius 1 is 0.792 bits per heavy atom. The quantitative estimate of drug-likeness (QED) is 0.149. The van der Waals surface area contributed by atoms with Gasteiger partial charge in [-0.05, 0) is 40.9 Å². The van der Waals surface area contributed by atoms with E-state index in [9.17, 15) is 52.7 Å². The first kappa shape index (κ1) is 36.0. The zero-order valence-electron chi connectivity index (χ0n) is 23.6. The number of aromatic nitrogens is 5. The van der Waals surface area contributed by atoms with Crippen molar-refractivity contribution in [2.45, 2.75) is 38.2 Å². The molecule has 22 heteroatoms. The standard InChI is InChI=1S/C18H12F6N6O.C8H5BF6O2/c1-2-30-10-6-7-26-12(13(10)27-16(30)14-15(25)29-31-28-14)8-4-3-5-9(17(19,20)21)11(8)18(22,23)24;10-7(11,12)4-1-5(8(13,14)15)3-6(2-4)9(16)17/h3-7H,2H2,1H3,(H2,25,29);1-3,16-17H. The molecule has 0 bridgehead atoms. The van der Waals surface area contributed by atoms with Gasteiger partial charge in [-0.2, -0.15) is 52.7 Å². The highest BCUT2D eigenvalue weighted by molar-refractivity contribution is 6.58. The van der Waals surface area contributed by atoms with Gasteiger partial charge in [-0.3, -0.25) is 4.98 Å². The molecule has 0 aliphatic heterocycles. The van der Waals surface area contributed by atoms with Crippen molar-refractivity contribution in [3.63, 3.8) is 0 Å². The number of rotatable bonds is 4. The number of anilines is 1. The minimum absolute atomic E-state index is 0.0455. The zero-order chi connectivity index (χ0) is 36.0. The number of nitrogens with two attached hydrogens (primary N) is 1. The van der Waals surface area contributed by atoms with Crippen LogP contribution in [0.4, 0.5) is 58.5 Å². The zero-order valence-corrected chi connectivity index (χ0v) is 23.6. The van der Waals surface area contributed by atoms with Gasteiger partial charge in [-0.15, -0.1) is 0 Å². The molecule has 0 saturated heterocycles. The molecule has 0 spiro atoms. The molecule has 0 amide bonds. The normalized spacial score (nSPS) is 12.6. The van der Waals surface area contributed by atoms with E-state index in [1.807, 2.05) is 0 Å². The van der Waals surface area contributed by atoms with E-state index in [0.29, 0.717) is 18.1 Å². The smallest absolute Gasteiger partial charge is 0.423 e. The number of fused-ring (bicyclic) bond motifs is 1. The number of aryl methyl sites for hydroxylation is 1. The van der Waals surface area contributed by atoms with Crippen LogP contribution in [0, 0.1) is 0 Å². The van der Waals surface area contributed by atoms with Crippen LogP contribution in [-0.2, 0) is 31.2 Å². The van der Waals surface area contributed by atoms with Crippen molar-refractivity contribution in [2.75, 3.05) is 5.73 Å². The van der Waals surface area contributed by atoms with Gasteiger partial charge in [-0.25, -0.2) is 9.61 Å². The summed E-state index contributed by atoms with van der Waals surface area (Å²) in [5.74, 6) is 0.0283. The lowest BCUT2D eigenvalue weighted by molar-refractivity contribution is -0.161. The topological polar surface area (TPSA) is 136 Å². The Kier molecular flexibility index (Phi) is 9.47. The summed E-state index contributed by atoms with van der Waals surface area (Å²) in [6.07, 6.45) is -19.3. The van der Waals surface area contributed by atoms with Gasteiger partial charge in [0, 0.05) is 18.3 Å². The van der Waals surface area contributed by atoms with Gasteiger partial charge in [0.15, 0.2) is 17.3 Å². The Balaban J connectivity index is 0.000000260. The molecule has 0 saturated carbocycles. The molecule has 5 rings (SSSR count). The molecular formula is C26H17BF12N6O3. The molecule has 3 aromatic heterocycles. The SMILES string of the molecule is CCn1c(-c2nonc2N)nc2c(-c3cccc(C(F)(F)F)c3C(F)(F)F)nccc21.OB(O)c1cc(C(F)(F)F)cc(C(F)(F)F)c1. The van der Waals surface area contributed by atoms with Crippen molar-refractivity contribution in [2.24, 2.45) is 0 Å². The van der Waals surface area contributed by atoms with Gasteiger partial charge in [0.1, 0.15) is 5.52 Å². The number of benzene rings is 2. The summed E-state index contributed by atoms with van der Waals surface area (Å²) < 4.78 is 161. The summed E-state index contributed by atoms with van der Waals surface area (Å²) in [7, 11) is -2.40. The van der Waals surface area contributed by atoms with Crippen LogP contribution < -0.4 is 11.2 Å². The minimum Gasteiger partial charge on any atom is -0.423 e. The molecule has 0 atom stereocenters. The summed E-state index contributed by atoms with van der Waals surface area (Å²) in [5, 5.41) is 24.4. The van der Waals surface area contributed by atoms with Crippen LogP contribution in [0.3, 0.4) is 0 Å². The largest absolute Gasteiger partial charge is 0.488 e. The molecule has 9 nitrogen and oxygen atoms in total. The summed E-state index contributed by atoms with van der Waals surface area (Å²) in [6.45, 7) is 2.04. The van der Waals surface area contributed by atoms with Crippen LogP contribution in [0.2, 0.25) is 0 Å². The van der Waals surface area contributed by atoms with Gasteiger partial charge >= 0.3 is 31.8 Å². The summed E-state index contributed by atoms with van der Waals surface area (Å²) >= 11 is 0. The Hall–Kier alpha value is -4.86. The van der Waals surface area contributed by atoms with Gasteiger partial charge in [-0.1, -0.05) is 24.3 Å². The Morgan fingerprint density at radius 2 is 1.40 bits per heavy atom. The third kappa shape index (κ3) is 7.32. The number of halogens is 12. The minimum atomic E-state index is -5.29. The van der Waals surface area contributed by atoms with Gasteiger partial charge in [0.2, 0.25) is 0 Å². The molecule has 4 N–H and O–H groups in total. The van der Waals surface area contributed by atoms with E-state index in [2.05, 4.69) is 24.9 Å². The number of hydrogen-bond acceptors (Lipinski definition) is 8. The lowest BCUT2D eigenvalue weighted by Crippen LogP contribution is -2.32. The maximum atomic E-state index is 13.8. The lowest BCUT2D eigenvalue weighted by atomic mass is 9.78. The number of nitrogens with zero attached hydrogens (tertiary/aromatic N) is 5. The summed E-state index contributed by atoms with van der Waals surface area (Å²) in [6, 6.07) is 4.08. The van der Waals surface area contributed by atoms with Crippen LogP contribution in [0.1, 0.15) is 29.2 Å². The lowest BCUT2D eigenvalue weighted by Gasteiger charge is -2.19. The van der Waals surface area contributed by atoms with E-state index in [1.54, 1.807) is 11.5 Å². The monoisotopic (exact) mass is 700 g/mol. The van der Waals surface area contributed by atoms with Crippen molar-refractivity contribution in [1.82, 2.24) is 24.8 Å². The second kappa shape index (κ2) is 12.6. The number of nitrogen functional groups attached to an aromatic ring is 1. The molecule has 48 heavy (non-hydrogen) atoms. The number of alkyl halides is 12. The van der Waals surface area contributed by atoms with E-state index in [4.69, 9.17) is 15.8 Å². The number of pyridine rings is 1. The molecule has 3 heterocycles. The molecular weight excluding hydrogens is 683 g/mol. The molecule has 0 radical (unpaired) electrons. The van der Waals surface area contributed by atoms with Gasteiger partial charge < -0.3 is 20.3 Å². The van der Waals surface area contributed by atoms with Crippen LogP contribution in [-0.4, -0.2) is 42.0 Å². The number of hydrogen-bond donors (Lipinski definition) is 3. The first-order valence-corrected chi connectivity index (χ1v) is 12.9. The number of imidazole rings is 1. The second-order valence-corrected chi connectivity index (χ2v) is 9.64. The molecule has 0 unspecified atom stereocenters. The average Bonchev–Trinajstić information content (AvgIpc) is 3.57. The van der Waals surface area contributed by atoms with E-state index < -0.39 is 65.1 Å². The van der Waals surface area contributed by atoms with Crippen molar-refractivity contribution < 1.29 is 67.4 Å². The van der Waals surface area contributed by atoms with Crippen LogP contribution in [0.15, 0.2) is 53.3 Å². The van der Waals surface area contributed by atoms with Crippen molar-refractivity contribution >= 4 is 29.4 Å². The third-order valence-corrected chi connectivity index (χ3v) is 6.53. The van der Waals surface area contributed by atoms with E-state index in [0.717, 1.165) is 12.1 Å². The maximum Gasteiger partial charge on any atom is 0.488 e. The van der Waals surface area contributed by atoms with Gasteiger partial charge in [0.25, 0.3) is 0 Å². The summed E-state index contributed by atoms with van der Waals surface area (Å²) in [4.78, 5) is 8.22. The van der Waals surface area contributed by atoms with Crippen LogP contribution >= 0.6 is 0 Å². The first-order chi connectivity index (χ1) is 22.1. The molecule has 0 fully saturated rings. The molecule has 0 aliphatic rings. The highest BCUT2D eigenvalue weighted by Crippen LogP contribution is 2.46. The van der Waals surface area contributed by atoms with E-state index in [-0.39, 0.29) is 46.7 Å². The highest BCUT2D eigenvalue weighted by atomic mass is 19.4. The summed E-state index contributed by atoms with van der Waals surface area (Å²) in [5.41, 5.74) is -2.76. The van der Waals surface area contributed by atoms with Gasteiger partial charge in [0.05, 0.1) is 33.5 Å². The fraction of sp³-hybridized carbons (Fsp3) is 0.231. The maximum absolute atomic E-state index is 13.8.